The Bertz CT molecular complexity index is 785. The number of benzene rings is 2. The van der Waals surface area contributed by atoms with Crippen LogP contribution in [-0.4, -0.2) is 24.5 Å². The van der Waals surface area contributed by atoms with Gasteiger partial charge in [0.1, 0.15) is 5.75 Å². The van der Waals surface area contributed by atoms with Crippen LogP contribution in [-0.2, 0) is 0 Å². The van der Waals surface area contributed by atoms with E-state index in [4.69, 9.17) is 4.74 Å². The normalized spacial score (nSPS) is 11.8. The third kappa shape index (κ3) is 6.41. The van der Waals surface area contributed by atoms with E-state index in [9.17, 15) is 9.59 Å². The highest BCUT2D eigenvalue weighted by molar-refractivity contribution is 6.06. The van der Waals surface area contributed by atoms with Gasteiger partial charge >= 0.3 is 0 Å². The van der Waals surface area contributed by atoms with Gasteiger partial charge in [0.15, 0.2) is 0 Å². The Labute approximate surface area is 167 Å². The zero-order chi connectivity index (χ0) is 20.5. The Balaban J connectivity index is 2.02. The van der Waals surface area contributed by atoms with Crippen LogP contribution < -0.4 is 15.4 Å². The molecule has 5 heteroatoms. The summed E-state index contributed by atoms with van der Waals surface area (Å²) in [7, 11) is 0. The van der Waals surface area contributed by atoms with Crippen molar-refractivity contribution in [2.75, 3.05) is 11.9 Å². The van der Waals surface area contributed by atoms with Crippen molar-refractivity contribution in [3.8, 4) is 5.75 Å². The zero-order valence-electron chi connectivity index (χ0n) is 17.1. The zero-order valence-corrected chi connectivity index (χ0v) is 17.1. The first-order valence-corrected chi connectivity index (χ1v) is 9.84. The molecule has 2 amide bonds. The van der Waals surface area contributed by atoms with Crippen LogP contribution in [0.3, 0.4) is 0 Å². The highest BCUT2D eigenvalue weighted by Crippen LogP contribution is 2.21. The Morgan fingerprint density at radius 1 is 0.964 bits per heavy atom. The minimum atomic E-state index is -0.239. The Morgan fingerprint density at radius 3 is 2.29 bits per heavy atom. The number of para-hydroxylation sites is 1. The molecule has 0 aliphatic heterocycles. The molecule has 0 saturated carbocycles. The lowest BCUT2D eigenvalue weighted by atomic mass is 10.1. The van der Waals surface area contributed by atoms with Crippen molar-refractivity contribution in [2.45, 2.75) is 46.6 Å². The molecule has 1 unspecified atom stereocenters. The van der Waals surface area contributed by atoms with E-state index >= 15 is 0 Å². The average molecular weight is 383 g/mol. The predicted octanol–water partition coefficient (Wildman–Crippen LogP) is 4.89. The summed E-state index contributed by atoms with van der Waals surface area (Å²) in [5, 5.41) is 5.79. The fourth-order valence-electron chi connectivity index (χ4n) is 2.50. The molecule has 0 spiro atoms. The maximum absolute atomic E-state index is 12.7. The third-order valence-corrected chi connectivity index (χ3v) is 4.48. The number of anilines is 1. The molecule has 0 aliphatic carbocycles. The minimum absolute atomic E-state index is 0.115. The van der Waals surface area contributed by atoms with Crippen molar-refractivity contribution in [2.24, 2.45) is 5.92 Å². The number of ether oxygens (including phenoxy) is 1. The SMILES string of the molecule is CCC(C)NC(=O)c1ccc(NC(=O)c2ccccc2OCCC(C)C)cc1. The number of amides is 2. The molecule has 0 aliphatic rings. The number of rotatable bonds is 9. The second-order valence-corrected chi connectivity index (χ2v) is 7.34. The van der Waals surface area contributed by atoms with Crippen molar-refractivity contribution in [3.63, 3.8) is 0 Å². The third-order valence-electron chi connectivity index (χ3n) is 4.48. The minimum Gasteiger partial charge on any atom is -0.493 e. The van der Waals surface area contributed by atoms with Gasteiger partial charge in [0.05, 0.1) is 12.2 Å². The summed E-state index contributed by atoms with van der Waals surface area (Å²) < 4.78 is 5.79. The smallest absolute Gasteiger partial charge is 0.259 e. The molecule has 0 saturated heterocycles. The van der Waals surface area contributed by atoms with Gasteiger partial charge in [-0.3, -0.25) is 9.59 Å². The van der Waals surface area contributed by atoms with E-state index in [1.165, 1.54) is 0 Å². The lowest BCUT2D eigenvalue weighted by Gasteiger charge is -2.13. The van der Waals surface area contributed by atoms with Crippen LogP contribution in [0.15, 0.2) is 48.5 Å². The maximum atomic E-state index is 12.7. The summed E-state index contributed by atoms with van der Waals surface area (Å²) in [6.07, 6.45) is 1.80. The molecular weight excluding hydrogens is 352 g/mol. The summed E-state index contributed by atoms with van der Waals surface area (Å²) >= 11 is 0. The number of carbonyl (C=O) groups excluding carboxylic acids is 2. The maximum Gasteiger partial charge on any atom is 0.259 e. The van der Waals surface area contributed by atoms with Crippen molar-refractivity contribution in [1.82, 2.24) is 5.32 Å². The van der Waals surface area contributed by atoms with Crippen molar-refractivity contribution in [1.29, 1.82) is 0 Å². The number of nitrogens with one attached hydrogen (secondary N) is 2. The van der Waals surface area contributed by atoms with Gasteiger partial charge in [0.25, 0.3) is 11.8 Å². The van der Waals surface area contributed by atoms with Crippen molar-refractivity contribution in [3.05, 3.63) is 59.7 Å². The molecule has 0 heterocycles. The highest BCUT2D eigenvalue weighted by atomic mass is 16.5. The topological polar surface area (TPSA) is 67.4 Å². The molecule has 0 fully saturated rings. The number of carbonyl (C=O) groups is 2. The van der Waals surface area contributed by atoms with Gasteiger partial charge in [0, 0.05) is 17.3 Å². The fourth-order valence-corrected chi connectivity index (χ4v) is 2.50. The van der Waals surface area contributed by atoms with Crippen molar-refractivity contribution >= 4 is 17.5 Å². The van der Waals surface area contributed by atoms with Crippen molar-refractivity contribution < 1.29 is 14.3 Å². The Morgan fingerprint density at radius 2 is 1.64 bits per heavy atom. The largest absolute Gasteiger partial charge is 0.493 e. The standard InChI is InChI=1S/C23H30N2O3/c1-5-17(4)24-22(26)18-10-12-19(13-11-18)25-23(27)20-8-6-7-9-21(20)28-15-14-16(2)3/h6-13,16-17H,5,14-15H2,1-4H3,(H,24,26)(H,25,27). The van der Waals surface area contributed by atoms with Gasteiger partial charge in [-0.1, -0.05) is 32.9 Å². The monoisotopic (exact) mass is 382 g/mol. The van der Waals surface area contributed by atoms with Gasteiger partial charge in [-0.25, -0.2) is 0 Å². The van der Waals surface area contributed by atoms with Gasteiger partial charge in [-0.15, -0.1) is 0 Å². The molecular formula is C23H30N2O3. The van der Waals surface area contributed by atoms with Crippen LogP contribution in [0.4, 0.5) is 5.69 Å². The molecule has 2 aromatic carbocycles. The van der Waals surface area contributed by atoms with Gasteiger partial charge in [-0.2, -0.15) is 0 Å². The van der Waals surface area contributed by atoms with Crippen LogP contribution in [0.2, 0.25) is 0 Å². The first kappa shape index (κ1) is 21.5. The van der Waals surface area contributed by atoms with E-state index in [1.54, 1.807) is 36.4 Å². The second-order valence-electron chi connectivity index (χ2n) is 7.34. The second kappa shape index (κ2) is 10.5. The highest BCUT2D eigenvalue weighted by Gasteiger charge is 2.13. The van der Waals surface area contributed by atoms with Gasteiger partial charge in [-0.05, 0) is 62.1 Å². The molecule has 28 heavy (non-hydrogen) atoms. The molecule has 150 valence electrons. The van der Waals surface area contributed by atoms with E-state index in [0.717, 1.165) is 12.8 Å². The molecule has 5 nitrogen and oxygen atoms in total. The summed E-state index contributed by atoms with van der Waals surface area (Å²) in [6, 6.07) is 14.2. The van der Waals surface area contributed by atoms with Crippen LogP contribution in [0.25, 0.3) is 0 Å². The van der Waals surface area contributed by atoms with E-state index in [2.05, 4.69) is 24.5 Å². The summed E-state index contributed by atoms with van der Waals surface area (Å²) in [4.78, 5) is 24.8. The van der Waals surface area contributed by atoms with E-state index in [1.807, 2.05) is 26.0 Å². The fraction of sp³-hybridized carbons (Fsp3) is 0.391. The first-order valence-electron chi connectivity index (χ1n) is 9.84. The summed E-state index contributed by atoms with van der Waals surface area (Å²) in [5.41, 5.74) is 1.68. The van der Waals surface area contributed by atoms with E-state index in [-0.39, 0.29) is 17.9 Å². The lowest BCUT2D eigenvalue weighted by Crippen LogP contribution is -2.31. The van der Waals surface area contributed by atoms with Crippen LogP contribution in [0.1, 0.15) is 61.3 Å². The molecule has 2 N–H and O–H groups in total. The molecule has 2 aromatic rings. The molecule has 2 rings (SSSR count). The van der Waals surface area contributed by atoms with Crippen LogP contribution in [0, 0.1) is 5.92 Å². The quantitative estimate of drug-likeness (QED) is 0.649. The van der Waals surface area contributed by atoms with Gasteiger partial charge < -0.3 is 15.4 Å². The van der Waals surface area contributed by atoms with Crippen LogP contribution in [0.5, 0.6) is 5.75 Å². The molecule has 1 atom stereocenters. The average Bonchev–Trinajstić information content (AvgIpc) is 2.68. The Kier molecular flexibility index (Phi) is 8.05. The lowest BCUT2D eigenvalue weighted by molar-refractivity contribution is 0.0938. The van der Waals surface area contributed by atoms with E-state index < -0.39 is 0 Å². The summed E-state index contributed by atoms with van der Waals surface area (Å²) in [6.45, 7) is 8.83. The first-order chi connectivity index (χ1) is 13.4. The molecule has 0 bridgehead atoms. The number of hydrogen-bond acceptors (Lipinski definition) is 3. The number of hydrogen-bond donors (Lipinski definition) is 2. The molecule has 0 radical (unpaired) electrons. The Hall–Kier alpha value is -2.82. The summed E-state index contributed by atoms with van der Waals surface area (Å²) in [5.74, 6) is 0.760. The molecule has 0 aromatic heterocycles. The van der Waals surface area contributed by atoms with Gasteiger partial charge in [0.2, 0.25) is 0 Å². The van der Waals surface area contributed by atoms with E-state index in [0.29, 0.717) is 35.1 Å². The predicted molar refractivity (Wildman–Crippen MR) is 113 cm³/mol. The van der Waals surface area contributed by atoms with Crippen LogP contribution >= 0.6 is 0 Å².